The van der Waals surface area contributed by atoms with Crippen LogP contribution in [0.5, 0.6) is 23.0 Å². The maximum atomic E-state index is 12.7. The number of aromatic nitrogens is 1. The summed E-state index contributed by atoms with van der Waals surface area (Å²) in [4.78, 5) is 21.5. The Bertz CT molecular complexity index is 2050. The van der Waals surface area contributed by atoms with Gasteiger partial charge in [-0.2, -0.15) is 5.26 Å². The molecule has 11 heteroatoms. The van der Waals surface area contributed by atoms with Crippen LogP contribution < -0.4 is 18.9 Å². The minimum Gasteiger partial charge on any atom is -0.488 e. The number of esters is 1. The van der Waals surface area contributed by atoms with Crippen LogP contribution in [-0.2, 0) is 29.3 Å². The average Bonchev–Trinajstić information content (AvgIpc) is 3.70. The van der Waals surface area contributed by atoms with Crippen molar-refractivity contribution in [2.24, 2.45) is 5.92 Å². The van der Waals surface area contributed by atoms with Crippen LogP contribution in [0.2, 0.25) is 5.02 Å². The van der Waals surface area contributed by atoms with Crippen molar-refractivity contribution < 1.29 is 28.5 Å². The molecule has 3 aliphatic heterocycles. The van der Waals surface area contributed by atoms with Crippen molar-refractivity contribution in [3.63, 3.8) is 0 Å². The lowest BCUT2D eigenvalue weighted by Gasteiger charge is -2.34. The highest BCUT2D eigenvalue weighted by Crippen LogP contribution is 2.39. The van der Waals surface area contributed by atoms with Crippen LogP contribution >= 0.6 is 11.6 Å². The Hall–Kier alpha value is -4.82. The molecule has 2 fully saturated rings. The van der Waals surface area contributed by atoms with Crippen LogP contribution in [0.1, 0.15) is 73.3 Å². The van der Waals surface area contributed by atoms with E-state index in [4.69, 9.17) is 35.3 Å². The zero-order valence-electron chi connectivity index (χ0n) is 32.6. The minimum atomic E-state index is -0.341. The van der Waals surface area contributed by atoms with Crippen molar-refractivity contribution in [1.29, 1.82) is 5.26 Å². The number of methoxy groups -OCH3 is 1. The molecule has 0 bridgehead atoms. The van der Waals surface area contributed by atoms with Gasteiger partial charge in [0.2, 0.25) is 0 Å². The standard InChI is InChI=1S/C45H51ClN4O6/c1-4-31-13-16-49(25-31)17-14-37-29-55-41-12-11-34(20-44(41)56-37)38-9-7-8-35(30(38)2)28-54-43-21-42(53-27-33-18-32(22-47)23-48-24-33)36(19-39(43)46)26-50-15-6-5-10-40(50)45(51)52-3/h7-9,11-12,18-21,23-24,31,37,40H,4-6,10,13-17,25-29H2,1-3H3/t31-,37?,40+/m1/s1. The molecular weight excluding hydrogens is 728 g/mol. The van der Waals surface area contributed by atoms with E-state index in [1.807, 2.05) is 24.3 Å². The number of carbonyl (C=O) groups excluding carboxylic acids is 1. The Balaban J connectivity index is 1.07. The maximum Gasteiger partial charge on any atom is 0.323 e. The van der Waals surface area contributed by atoms with E-state index >= 15 is 0 Å². The number of halogens is 1. The average molecular weight is 779 g/mol. The molecule has 0 N–H and O–H groups in total. The van der Waals surface area contributed by atoms with E-state index in [0.29, 0.717) is 35.2 Å². The molecule has 56 heavy (non-hydrogen) atoms. The topological polar surface area (TPSA) is 106 Å². The molecule has 4 heterocycles. The third-order valence-electron chi connectivity index (χ3n) is 11.4. The van der Waals surface area contributed by atoms with Gasteiger partial charge >= 0.3 is 5.97 Å². The van der Waals surface area contributed by atoms with Gasteiger partial charge in [-0.25, -0.2) is 0 Å². The summed E-state index contributed by atoms with van der Waals surface area (Å²) < 4.78 is 30.6. The van der Waals surface area contributed by atoms with Gasteiger partial charge in [0.1, 0.15) is 49.5 Å². The summed E-state index contributed by atoms with van der Waals surface area (Å²) >= 11 is 6.92. The number of nitrogens with zero attached hydrogens (tertiary/aromatic N) is 4. The highest BCUT2D eigenvalue weighted by molar-refractivity contribution is 6.32. The lowest BCUT2D eigenvalue weighted by Crippen LogP contribution is -2.44. The fraction of sp³-hybridized carbons (Fsp3) is 0.444. The lowest BCUT2D eigenvalue weighted by atomic mass is 9.96. The van der Waals surface area contributed by atoms with E-state index in [9.17, 15) is 10.1 Å². The minimum absolute atomic E-state index is 0.0257. The van der Waals surface area contributed by atoms with Crippen LogP contribution in [0.3, 0.4) is 0 Å². The van der Waals surface area contributed by atoms with Crippen LogP contribution in [0.4, 0.5) is 0 Å². The monoisotopic (exact) mass is 778 g/mol. The summed E-state index contributed by atoms with van der Waals surface area (Å²) in [7, 11) is 1.43. The smallest absolute Gasteiger partial charge is 0.323 e. The Labute approximate surface area is 335 Å². The van der Waals surface area contributed by atoms with E-state index in [0.717, 1.165) is 89.6 Å². The number of pyridine rings is 1. The summed E-state index contributed by atoms with van der Waals surface area (Å²) in [6.45, 7) is 10.0. The van der Waals surface area contributed by atoms with Crippen molar-refractivity contribution in [1.82, 2.24) is 14.8 Å². The molecular formula is C45H51ClN4O6. The summed E-state index contributed by atoms with van der Waals surface area (Å²) in [5.41, 5.74) is 6.28. The molecule has 0 radical (unpaired) electrons. The fourth-order valence-electron chi connectivity index (χ4n) is 8.04. The van der Waals surface area contributed by atoms with Gasteiger partial charge in [0, 0.05) is 55.6 Å². The lowest BCUT2D eigenvalue weighted by molar-refractivity contribution is -0.148. The van der Waals surface area contributed by atoms with Gasteiger partial charge in [0.15, 0.2) is 11.5 Å². The van der Waals surface area contributed by atoms with Crippen molar-refractivity contribution in [3.8, 4) is 40.2 Å². The normalized spacial score (nSPS) is 19.7. The molecule has 3 aromatic carbocycles. The molecule has 3 atom stereocenters. The number of benzene rings is 3. The van der Waals surface area contributed by atoms with Crippen LogP contribution in [0.25, 0.3) is 11.1 Å². The zero-order chi connectivity index (χ0) is 39.0. The molecule has 1 unspecified atom stereocenters. The second-order valence-corrected chi connectivity index (χ2v) is 15.5. The molecule has 0 aliphatic carbocycles. The number of hydrogen-bond acceptors (Lipinski definition) is 10. The molecule has 10 nitrogen and oxygen atoms in total. The van der Waals surface area contributed by atoms with Crippen molar-refractivity contribution in [3.05, 3.63) is 99.8 Å². The van der Waals surface area contributed by atoms with Gasteiger partial charge in [0.25, 0.3) is 0 Å². The fourth-order valence-corrected chi connectivity index (χ4v) is 8.29. The van der Waals surface area contributed by atoms with Gasteiger partial charge in [-0.3, -0.25) is 14.7 Å². The second-order valence-electron chi connectivity index (χ2n) is 15.1. The number of carbonyl (C=O) groups is 1. The third-order valence-corrected chi connectivity index (χ3v) is 11.7. The number of nitriles is 1. The van der Waals surface area contributed by atoms with E-state index in [1.54, 1.807) is 12.3 Å². The molecule has 294 valence electrons. The summed E-state index contributed by atoms with van der Waals surface area (Å²) in [5.74, 6) is 3.19. The SMILES string of the molecule is CC[C@@H]1CCN(CCC2COc3ccc(-c4cccc(COc5cc(OCc6cncc(C#N)c6)c(CN6CCCC[C@H]6C(=O)OC)cc5Cl)c4C)cc3O2)C1. The molecule has 7 rings (SSSR count). The highest BCUT2D eigenvalue weighted by atomic mass is 35.5. The third kappa shape index (κ3) is 9.40. The van der Waals surface area contributed by atoms with Gasteiger partial charge < -0.3 is 28.6 Å². The number of fused-ring (bicyclic) bond motifs is 1. The van der Waals surface area contributed by atoms with Gasteiger partial charge in [-0.1, -0.05) is 55.6 Å². The molecule has 1 aromatic heterocycles. The van der Waals surface area contributed by atoms with Crippen molar-refractivity contribution in [2.75, 3.05) is 39.9 Å². The number of ether oxygens (including phenoxy) is 5. The van der Waals surface area contributed by atoms with Crippen molar-refractivity contribution in [2.45, 2.75) is 84.3 Å². The number of rotatable bonds is 14. The number of hydrogen-bond donors (Lipinski definition) is 0. The Morgan fingerprint density at radius 1 is 1.00 bits per heavy atom. The van der Waals surface area contributed by atoms with Crippen molar-refractivity contribution >= 4 is 17.6 Å². The summed E-state index contributed by atoms with van der Waals surface area (Å²) in [6.07, 6.45) is 9.38. The van der Waals surface area contributed by atoms with E-state index in [1.165, 1.54) is 39.2 Å². The maximum absolute atomic E-state index is 12.7. The van der Waals surface area contributed by atoms with Gasteiger partial charge in [-0.15, -0.1) is 0 Å². The van der Waals surface area contributed by atoms with E-state index in [-0.39, 0.29) is 31.3 Å². The highest BCUT2D eigenvalue weighted by Gasteiger charge is 2.31. The first-order valence-electron chi connectivity index (χ1n) is 19.8. The number of likely N-dealkylation sites (tertiary alicyclic amines) is 2. The largest absolute Gasteiger partial charge is 0.488 e. The predicted octanol–water partition coefficient (Wildman–Crippen LogP) is 8.53. The van der Waals surface area contributed by atoms with Gasteiger partial charge in [0.05, 0.1) is 17.7 Å². The molecule has 2 saturated heterocycles. The first-order valence-corrected chi connectivity index (χ1v) is 20.2. The van der Waals surface area contributed by atoms with E-state index < -0.39 is 0 Å². The molecule has 3 aliphatic rings. The first kappa shape index (κ1) is 39.4. The van der Waals surface area contributed by atoms with Crippen LogP contribution in [0.15, 0.2) is 67.0 Å². The second kappa shape index (κ2) is 18.4. The molecule has 0 saturated carbocycles. The quantitative estimate of drug-likeness (QED) is 0.116. The predicted molar refractivity (Wildman–Crippen MR) is 215 cm³/mol. The summed E-state index contributed by atoms with van der Waals surface area (Å²) in [5, 5.41) is 9.83. The molecule has 4 aromatic rings. The van der Waals surface area contributed by atoms with Crippen LogP contribution in [0, 0.1) is 24.2 Å². The van der Waals surface area contributed by atoms with Crippen LogP contribution in [-0.4, -0.2) is 72.8 Å². The van der Waals surface area contributed by atoms with E-state index in [2.05, 4.69) is 59.0 Å². The Morgan fingerprint density at radius 2 is 1.88 bits per heavy atom. The Kier molecular flexibility index (Phi) is 13.0. The Morgan fingerprint density at radius 3 is 2.70 bits per heavy atom. The first-order chi connectivity index (χ1) is 27.3. The molecule has 0 spiro atoms. The number of piperidine rings is 1. The zero-order valence-corrected chi connectivity index (χ0v) is 33.4. The summed E-state index contributed by atoms with van der Waals surface area (Å²) in [6, 6.07) is 19.6. The van der Waals surface area contributed by atoms with Gasteiger partial charge in [-0.05, 0) is 91.7 Å². The molecule has 0 amide bonds.